The highest BCUT2D eigenvalue weighted by atomic mass is 32.2. The van der Waals surface area contributed by atoms with E-state index in [-0.39, 0.29) is 11.5 Å². The van der Waals surface area contributed by atoms with Gasteiger partial charge < -0.3 is 14.3 Å². The van der Waals surface area contributed by atoms with E-state index in [4.69, 9.17) is 17.0 Å². The predicted octanol–water partition coefficient (Wildman–Crippen LogP) is 2.14. The van der Waals surface area contributed by atoms with Crippen molar-refractivity contribution < 1.29 is 13.2 Å². The predicted molar refractivity (Wildman–Crippen MR) is 78.0 cm³/mol. The Bertz CT molecular complexity index is 744. The molecule has 0 unspecified atom stereocenters. The molecule has 0 atom stereocenters. The zero-order valence-corrected chi connectivity index (χ0v) is 12.5. The number of aromatic nitrogens is 2. The molecule has 0 spiro atoms. The summed E-state index contributed by atoms with van der Waals surface area (Å²) in [6.45, 7) is 2.01. The van der Waals surface area contributed by atoms with E-state index < -0.39 is 9.84 Å². The van der Waals surface area contributed by atoms with Gasteiger partial charge in [0.2, 0.25) is 0 Å². The van der Waals surface area contributed by atoms with Gasteiger partial charge in [-0.3, -0.25) is 0 Å². The Morgan fingerprint density at radius 3 is 2.79 bits per heavy atom. The van der Waals surface area contributed by atoms with Crippen molar-refractivity contribution in [2.45, 2.75) is 13.5 Å². The van der Waals surface area contributed by atoms with Crippen LogP contribution < -0.4 is 4.74 Å². The molecule has 1 N–H and O–H groups in total. The number of imidazole rings is 1. The van der Waals surface area contributed by atoms with Crippen LogP contribution in [0.25, 0.3) is 11.0 Å². The molecular formula is C12H16N2O3S2. The van der Waals surface area contributed by atoms with E-state index >= 15 is 0 Å². The molecule has 0 bridgehead atoms. The number of sulfone groups is 1. The Labute approximate surface area is 117 Å². The van der Waals surface area contributed by atoms with Gasteiger partial charge in [0.1, 0.15) is 5.75 Å². The number of aromatic amines is 1. The van der Waals surface area contributed by atoms with Gasteiger partial charge in [-0.05, 0) is 24.4 Å². The lowest BCUT2D eigenvalue weighted by Crippen LogP contribution is -2.14. The Morgan fingerprint density at radius 1 is 1.42 bits per heavy atom. The first kappa shape index (κ1) is 14.1. The summed E-state index contributed by atoms with van der Waals surface area (Å²) in [5.74, 6) is 0.977. The van der Waals surface area contributed by atoms with Crippen molar-refractivity contribution in [2.24, 2.45) is 0 Å². The zero-order chi connectivity index (χ0) is 14.0. The van der Waals surface area contributed by atoms with Crippen LogP contribution in [-0.2, 0) is 16.4 Å². The first-order valence-corrected chi connectivity index (χ1v) is 8.17. The van der Waals surface area contributed by atoms with Crippen LogP contribution in [0.1, 0.15) is 6.92 Å². The van der Waals surface area contributed by atoms with Crippen LogP contribution in [-0.4, -0.2) is 36.6 Å². The van der Waals surface area contributed by atoms with Crippen molar-refractivity contribution in [3.63, 3.8) is 0 Å². The van der Waals surface area contributed by atoms with Crippen LogP contribution >= 0.6 is 12.2 Å². The fraction of sp³-hybridized carbons (Fsp3) is 0.417. The van der Waals surface area contributed by atoms with Gasteiger partial charge in [0.15, 0.2) is 14.6 Å². The second kappa shape index (κ2) is 5.34. The quantitative estimate of drug-likeness (QED) is 0.859. The van der Waals surface area contributed by atoms with Crippen LogP contribution in [0.2, 0.25) is 0 Å². The normalized spacial score (nSPS) is 11.9. The summed E-state index contributed by atoms with van der Waals surface area (Å²) in [7, 11) is -1.40. The lowest BCUT2D eigenvalue weighted by atomic mass is 10.3. The fourth-order valence-electron chi connectivity index (χ4n) is 1.87. The summed E-state index contributed by atoms with van der Waals surface area (Å²) < 4.78 is 30.6. The van der Waals surface area contributed by atoms with E-state index in [0.717, 1.165) is 16.8 Å². The molecule has 0 radical (unpaired) electrons. The maximum atomic E-state index is 11.6. The molecule has 104 valence electrons. The molecule has 1 aromatic carbocycles. The Kier molecular flexibility index (Phi) is 3.96. The van der Waals surface area contributed by atoms with E-state index in [0.29, 0.717) is 11.3 Å². The number of ether oxygens (including phenoxy) is 1. The van der Waals surface area contributed by atoms with Crippen molar-refractivity contribution in [1.29, 1.82) is 0 Å². The third-order valence-corrected chi connectivity index (χ3v) is 5.05. The molecule has 2 aromatic rings. The van der Waals surface area contributed by atoms with Gasteiger partial charge in [0.05, 0.1) is 23.9 Å². The number of hydrogen-bond donors (Lipinski definition) is 1. The minimum atomic E-state index is -3.00. The number of benzene rings is 1. The molecule has 0 fully saturated rings. The molecular weight excluding hydrogens is 284 g/mol. The van der Waals surface area contributed by atoms with Gasteiger partial charge in [0, 0.05) is 18.4 Å². The Morgan fingerprint density at radius 2 is 2.16 bits per heavy atom. The topological polar surface area (TPSA) is 64.1 Å². The number of methoxy groups -OCH3 is 1. The fourth-order valence-corrected chi connectivity index (χ4v) is 2.92. The third kappa shape index (κ3) is 2.98. The number of H-pyrrole nitrogens is 1. The number of nitrogens with zero attached hydrogens (tertiary/aromatic N) is 1. The third-order valence-electron chi connectivity index (χ3n) is 3.05. The average Bonchev–Trinajstić information content (AvgIpc) is 2.71. The van der Waals surface area contributed by atoms with Crippen molar-refractivity contribution in [1.82, 2.24) is 9.55 Å². The minimum Gasteiger partial charge on any atom is -0.497 e. The van der Waals surface area contributed by atoms with Gasteiger partial charge in [-0.25, -0.2) is 8.42 Å². The highest BCUT2D eigenvalue weighted by molar-refractivity contribution is 7.91. The second-order valence-corrected chi connectivity index (χ2v) is 7.06. The average molecular weight is 300 g/mol. The standard InChI is InChI=1S/C12H16N2O3S2/c1-3-19(15,16)7-6-14-11-5-4-9(17-2)8-10(11)13-12(14)18/h4-5,8H,3,6-7H2,1-2H3,(H,13,18). The number of nitrogens with one attached hydrogen (secondary N) is 1. The first-order chi connectivity index (χ1) is 8.96. The molecule has 0 saturated heterocycles. The summed E-state index contributed by atoms with van der Waals surface area (Å²) in [4.78, 5) is 3.06. The first-order valence-electron chi connectivity index (χ1n) is 5.94. The largest absolute Gasteiger partial charge is 0.497 e. The molecule has 1 aromatic heterocycles. The molecule has 7 heteroatoms. The van der Waals surface area contributed by atoms with Crippen molar-refractivity contribution in [3.05, 3.63) is 23.0 Å². The lowest BCUT2D eigenvalue weighted by molar-refractivity contribution is 0.415. The van der Waals surface area contributed by atoms with Crippen LogP contribution in [0.15, 0.2) is 18.2 Å². The smallest absolute Gasteiger partial charge is 0.178 e. The molecule has 0 amide bonds. The van der Waals surface area contributed by atoms with Gasteiger partial charge >= 0.3 is 0 Å². The van der Waals surface area contributed by atoms with E-state index in [9.17, 15) is 8.42 Å². The number of fused-ring (bicyclic) bond motifs is 1. The molecule has 2 rings (SSSR count). The highest BCUT2D eigenvalue weighted by Gasteiger charge is 2.11. The molecule has 1 heterocycles. The molecule has 19 heavy (non-hydrogen) atoms. The monoisotopic (exact) mass is 300 g/mol. The molecule has 5 nitrogen and oxygen atoms in total. The summed E-state index contributed by atoms with van der Waals surface area (Å²) in [5, 5.41) is 0. The maximum absolute atomic E-state index is 11.6. The second-order valence-electron chi connectivity index (χ2n) is 4.20. The van der Waals surface area contributed by atoms with Gasteiger partial charge in [0.25, 0.3) is 0 Å². The molecule has 0 aliphatic rings. The summed E-state index contributed by atoms with van der Waals surface area (Å²) in [6.07, 6.45) is 0. The zero-order valence-electron chi connectivity index (χ0n) is 10.8. The molecule has 0 saturated carbocycles. The van der Waals surface area contributed by atoms with E-state index in [1.165, 1.54) is 0 Å². The number of hydrogen-bond acceptors (Lipinski definition) is 4. The number of rotatable bonds is 5. The maximum Gasteiger partial charge on any atom is 0.178 e. The van der Waals surface area contributed by atoms with Gasteiger partial charge in [-0.15, -0.1) is 0 Å². The lowest BCUT2D eigenvalue weighted by Gasteiger charge is -2.05. The van der Waals surface area contributed by atoms with E-state index in [1.807, 2.05) is 18.2 Å². The van der Waals surface area contributed by atoms with Crippen molar-refractivity contribution >= 4 is 33.1 Å². The minimum absolute atomic E-state index is 0.0940. The van der Waals surface area contributed by atoms with Crippen LogP contribution in [0.4, 0.5) is 0 Å². The van der Waals surface area contributed by atoms with Crippen molar-refractivity contribution in [2.75, 3.05) is 18.6 Å². The van der Waals surface area contributed by atoms with Crippen molar-refractivity contribution in [3.8, 4) is 5.75 Å². The SMILES string of the molecule is CCS(=O)(=O)CCn1c(=S)[nH]c2cc(OC)ccc21. The molecule has 0 aliphatic heterocycles. The summed E-state index contributed by atoms with van der Waals surface area (Å²) in [6, 6.07) is 5.55. The Hall–Kier alpha value is -1.34. The molecule has 0 aliphatic carbocycles. The summed E-state index contributed by atoms with van der Waals surface area (Å²) in [5.41, 5.74) is 1.73. The van der Waals surface area contributed by atoms with Crippen LogP contribution in [0.5, 0.6) is 5.75 Å². The van der Waals surface area contributed by atoms with E-state index in [1.54, 1.807) is 18.6 Å². The van der Waals surface area contributed by atoms with Crippen LogP contribution in [0, 0.1) is 4.77 Å². The summed E-state index contributed by atoms with van der Waals surface area (Å²) >= 11 is 5.23. The van der Waals surface area contributed by atoms with Gasteiger partial charge in [-0.1, -0.05) is 6.92 Å². The Balaban J connectivity index is 2.38. The van der Waals surface area contributed by atoms with Crippen LogP contribution in [0.3, 0.4) is 0 Å². The van der Waals surface area contributed by atoms with E-state index in [2.05, 4.69) is 4.98 Å². The highest BCUT2D eigenvalue weighted by Crippen LogP contribution is 2.20. The van der Waals surface area contributed by atoms with Gasteiger partial charge in [-0.2, -0.15) is 0 Å². The number of aryl methyl sites for hydroxylation is 1.